The van der Waals surface area contributed by atoms with Gasteiger partial charge < -0.3 is 19.5 Å². The third-order valence-electron chi connectivity index (χ3n) is 3.26. The average Bonchev–Trinajstić information content (AvgIpc) is 2.59. The van der Waals surface area contributed by atoms with Gasteiger partial charge in [-0.05, 0) is 43.5 Å². The Labute approximate surface area is 147 Å². The van der Waals surface area contributed by atoms with Gasteiger partial charge in [0.25, 0.3) is 5.91 Å². The number of esters is 2. The summed E-state index contributed by atoms with van der Waals surface area (Å²) in [5, 5.41) is 2.52. The fourth-order valence-electron chi connectivity index (χ4n) is 2.13. The molecule has 0 spiro atoms. The van der Waals surface area contributed by atoms with Crippen LogP contribution in [0.15, 0.2) is 24.3 Å². The van der Waals surface area contributed by atoms with Crippen molar-refractivity contribution in [1.82, 2.24) is 5.32 Å². The van der Waals surface area contributed by atoms with Crippen LogP contribution >= 0.6 is 0 Å². The molecule has 7 heteroatoms. The van der Waals surface area contributed by atoms with Gasteiger partial charge in [-0.2, -0.15) is 0 Å². The van der Waals surface area contributed by atoms with E-state index in [0.29, 0.717) is 24.3 Å². The molecule has 0 aliphatic carbocycles. The average molecular weight is 351 g/mol. The van der Waals surface area contributed by atoms with E-state index in [1.54, 1.807) is 24.3 Å². The quantitative estimate of drug-likeness (QED) is 0.684. The Morgan fingerprint density at radius 1 is 1.12 bits per heavy atom. The number of carbonyl (C=O) groups is 3. The normalized spacial score (nSPS) is 11.6. The Hall–Kier alpha value is -2.57. The zero-order valence-electron chi connectivity index (χ0n) is 15.0. The third kappa shape index (κ3) is 7.24. The van der Waals surface area contributed by atoms with Crippen molar-refractivity contribution in [2.45, 2.75) is 33.2 Å². The van der Waals surface area contributed by atoms with Crippen molar-refractivity contribution < 1.29 is 28.6 Å². The molecule has 7 nitrogen and oxygen atoms in total. The molecule has 0 aromatic heterocycles. The topological polar surface area (TPSA) is 90.9 Å². The van der Waals surface area contributed by atoms with Gasteiger partial charge in [0.05, 0.1) is 19.3 Å². The van der Waals surface area contributed by atoms with Crippen LogP contribution in [0.1, 0.15) is 37.6 Å². The molecule has 0 fully saturated rings. The van der Waals surface area contributed by atoms with E-state index < -0.39 is 30.5 Å². The molecule has 1 atom stereocenters. The number of amides is 1. The smallest absolute Gasteiger partial charge is 0.338 e. The van der Waals surface area contributed by atoms with Crippen LogP contribution in [0.3, 0.4) is 0 Å². The van der Waals surface area contributed by atoms with Gasteiger partial charge in [0.15, 0.2) is 6.61 Å². The lowest BCUT2D eigenvalue weighted by Crippen LogP contribution is -2.44. The van der Waals surface area contributed by atoms with Crippen molar-refractivity contribution >= 4 is 17.8 Å². The van der Waals surface area contributed by atoms with E-state index in [4.69, 9.17) is 9.47 Å². The van der Waals surface area contributed by atoms with Gasteiger partial charge in [-0.25, -0.2) is 9.59 Å². The molecule has 0 saturated carbocycles. The third-order valence-corrected chi connectivity index (χ3v) is 3.26. The van der Waals surface area contributed by atoms with Crippen LogP contribution in [-0.4, -0.2) is 44.2 Å². The molecule has 138 valence electrons. The standard InChI is InChI=1S/C18H25NO6/c1-5-24-14-8-6-13(7-9-14)17(21)25-11-16(20)19-15(10-12(2)3)18(22)23-4/h6-9,12,15H,5,10-11H2,1-4H3,(H,19,20). The first-order valence-corrected chi connectivity index (χ1v) is 8.14. The van der Waals surface area contributed by atoms with Crippen LogP contribution in [0.25, 0.3) is 0 Å². The summed E-state index contributed by atoms with van der Waals surface area (Å²) in [5.74, 6) is -0.880. The molecule has 0 heterocycles. The summed E-state index contributed by atoms with van der Waals surface area (Å²) >= 11 is 0. The van der Waals surface area contributed by atoms with Gasteiger partial charge in [-0.1, -0.05) is 13.8 Å². The Morgan fingerprint density at radius 3 is 2.28 bits per heavy atom. The van der Waals surface area contributed by atoms with Gasteiger partial charge in [0.1, 0.15) is 11.8 Å². The van der Waals surface area contributed by atoms with Crippen LogP contribution in [-0.2, 0) is 19.1 Å². The minimum absolute atomic E-state index is 0.191. The molecule has 25 heavy (non-hydrogen) atoms. The maximum atomic E-state index is 11.9. The molecule has 1 rings (SSSR count). The molecule has 0 radical (unpaired) electrons. The van der Waals surface area contributed by atoms with Crippen LogP contribution in [0.2, 0.25) is 0 Å². The molecule has 1 N–H and O–H groups in total. The van der Waals surface area contributed by atoms with Crippen LogP contribution in [0, 0.1) is 5.92 Å². The summed E-state index contributed by atoms with van der Waals surface area (Å²) < 4.78 is 14.9. The fraction of sp³-hybridized carbons (Fsp3) is 0.500. The number of ether oxygens (including phenoxy) is 3. The Kier molecular flexibility index (Phi) is 8.46. The molecular weight excluding hydrogens is 326 g/mol. The molecule has 1 unspecified atom stereocenters. The maximum absolute atomic E-state index is 11.9. The van der Waals surface area contributed by atoms with Crippen molar-refractivity contribution in [1.29, 1.82) is 0 Å². The molecule has 1 amide bonds. The Morgan fingerprint density at radius 2 is 1.76 bits per heavy atom. The van der Waals surface area contributed by atoms with Crippen LogP contribution in [0.5, 0.6) is 5.75 Å². The fourth-order valence-corrected chi connectivity index (χ4v) is 2.13. The van der Waals surface area contributed by atoms with E-state index >= 15 is 0 Å². The molecule has 1 aromatic rings. The zero-order valence-corrected chi connectivity index (χ0v) is 15.0. The second-order valence-electron chi connectivity index (χ2n) is 5.81. The van der Waals surface area contributed by atoms with Crippen molar-refractivity contribution in [2.75, 3.05) is 20.3 Å². The summed E-state index contributed by atoms with van der Waals surface area (Å²) in [6.45, 7) is 5.77. The minimum Gasteiger partial charge on any atom is -0.494 e. The molecular formula is C18H25NO6. The summed E-state index contributed by atoms with van der Waals surface area (Å²) in [5.41, 5.74) is 0.308. The van der Waals surface area contributed by atoms with Crippen molar-refractivity contribution in [3.8, 4) is 5.75 Å². The number of rotatable bonds is 9. The molecule has 1 aromatic carbocycles. The molecule has 0 aliphatic rings. The summed E-state index contributed by atoms with van der Waals surface area (Å²) in [4.78, 5) is 35.5. The van der Waals surface area contributed by atoms with E-state index in [2.05, 4.69) is 10.1 Å². The lowest BCUT2D eigenvalue weighted by molar-refractivity contribution is -0.145. The second-order valence-corrected chi connectivity index (χ2v) is 5.81. The number of carbonyl (C=O) groups excluding carboxylic acids is 3. The number of methoxy groups -OCH3 is 1. The minimum atomic E-state index is -0.762. The molecule has 0 saturated heterocycles. The van der Waals surface area contributed by atoms with Gasteiger partial charge in [0, 0.05) is 0 Å². The largest absolute Gasteiger partial charge is 0.494 e. The van der Waals surface area contributed by atoms with Gasteiger partial charge in [0.2, 0.25) is 0 Å². The van der Waals surface area contributed by atoms with E-state index in [1.807, 2.05) is 20.8 Å². The first-order valence-electron chi connectivity index (χ1n) is 8.14. The van der Waals surface area contributed by atoms with Crippen molar-refractivity contribution in [3.05, 3.63) is 29.8 Å². The Balaban J connectivity index is 2.53. The number of hydrogen-bond donors (Lipinski definition) is 1. The highest BCUT2D eigenvalue weighted by Crippen LogP contribution is 2.13. The summed E-state index contributed by atoms with van der Waals surface area (Å²) in [6, 6.07) is 5.65. The van der Waals surface area contributed by atoms with E-state index in [0.717, 1.165) is 0 Å². The number of hydrogen-bond acceptors (Lipinski definition) is 6. The first-order chi connectivity index (χ1) is 11.9. The predicted molar refractivity (Wildman–Crippen MR) is 91.3 cm³/mol. The highest BCUT2D eigenvalue weighted by molar-refractivity contribution is 5.92. The summed E-state index contributed by atoms with van der Waals surface area (Å²) in [7, 11) is 1.26. The monoisotopic (exact) mass is 351 g/mol. The van der Waals surface area contributed by atoms with Crippen molar-refractivity contribution in [3.63, 3.8) is 0 Å². The number of benzene rings is 1. The Bertz CT molecular complexity index is 582. The molecule has 0 aliphatic heterocycles. The lowest BCUT2D eigenvalue weighted by Gasteiger charge is -2.18. The van der Waals surface area contributed by atoms with E-state index in [9.17, 15) is 14.4 Å². The second kappa shape index (κ2) is 10.3. The van der Waals surface area contributed by atoms with Crippen molar-refractivity contribution in [2.24, 2.45) is 5.92 Å². The van der Waals surface area contributed by atoms with E-state index in [1.165, 1.54) is 7.11 Å². The number of nitrogens with one attached hydrogen (secondary N) is 1. The predicted octanol–water partition coefficient (Wildman–Crippen LogP) is 1.95. The SMILES string of the molecule is CCOc1ccc(C(=O)OCC(=O)NC(CC(C)C)C(=O)OC)cc1. The van der Waals surface area contributed by atoms with E-state index in [-0.39, 0.29) is 5.92 Å². The highest BCUT2D eigenvalue weighted by Gasteiger charge is 2.23. The lowest BCUT2D eigenvalue weighted by atomic mass is 10.0. The summed E-state index contributed by atoms with van der Waals surface area (Å²) in [6.07, 6.45) is 0.436. The van der Waals surface area contributed by atoms with Crippen LogP contribution < -0.4 is 10.1 Å². The zero-order chi connectivity index (χ0) is 18.8. The maximum Gasteiger partial charge on any atom is 0.338 e. The highest BCUT2D eigenvalue weighted by atomic mass is 16.5. The first kappa shape index (κ1) is 20.5. The molecule has 0 bridgehead atoms. The van der Waals surface area contributed by atoms with Gasteiger partial charge in [-0.15, -0.1) is 0 Å². The van der Waals surface area contributed by atoms with Gasteiger partial charge in [-0.3, -0.25) is 4.79 Å². The van der Waals surface area contributed by atoms with Crippen LogP contribution in [0.4, 0.5) is 0 Å². The van der Waals surface area contributed by atoms with Gasteiger partial charge >= 0.3 is 11.9 Å².